The summed E-state index contributed by atoms with van der Waals surface area (Å²) in [5.41, 5.74) is 1.85. The first-order valence-corrected chi connectivity index (χ1v) is 7.17. The van der Waals surface area contributed by atoms with Crippen LogP contribution in [0, 0.1) is 11.8 Å². The first kappa shape index (κ1) is 11.1. The predicted molar refractivity (Wildman–Crippen MR) is 75.0 cm³/mol. The van der Waals surface area contributed by atoms with Crippen molar-refractivity contribution in [3.8, 4) is 0 Å². The molecule has 1 amide bonds. The fraction of sp³-hybridized carbons (Fsp3) is 0.438. The van der Waals surface area contributed by atoms with Crippen LogP contribution in [0.4, 0.5) is 0 Å². The second kappa shape index (κ2) is 4.12. The lowest BCUT2D eigenvalue weighted by molar-refractivity contribution is 0.0923. The maximum atomic E-state index is 12.3. The molecule has 3 nitrogen and oxygen atoms in total. The molecule has 1 aromatic heterocycles. The van der Waals surface area contributed by atoms with Gasteiger partial charge in [0.25, 0.3) is 5.91 Å². The van der Waals surface area contributed by atoms with Crippen LogP contribution in [0.1, 0.15) is 36.0 Å². The number of nitrogens with one attached hydrogen (secondary N) is 2. The summed E-state index contributed by atoms with van der Waals surface area (Å²) in [5.74, 6) is 1.67. The van der Waals surface area contributed by atoms with E-state index in [4.69, 9.17) is 0 Å². The lowest BCUT2D eigenvalue weighted by atomic mass is 9.95. The monoisotopic (exact) mass is 254 g/mol. The molecule has 1 aromatic carbocycles. The van der Waals surface area contributed by atoms with Gasteiger partial charge in [-0.3, -0.25) is 4.79 Å². The van der Waals surface area contributed by atoms with Crippen LogP contribution in [0.5, 0.6) is 0 Å². The molecule has 98 valence electrons. The Morgan fingerprint density at radius 2 is 2.16 bits per heavy atom. The maximum Gasteiger partial charge on any atom is 0.251 e. The molecule has 0 radical (unpaired) electrons. The molecule has 1 heterocycles. The molecule has 19 heavy (non-hydrogen) atoms. The zero-order valence-corrected chi connectivity index (χ0v) is 10.9. The average molecular weight is 254 g/mol. The van der Waals surface area contributed by atoms with Gasteiger partial charge in [0.05, 0.1) is 0 Å². The maximum absolute atomic E-state index is 12.3. The molecule has 2 fully saturated rings. The van der Waals surface area contributed by atoms with Gasteiger partial charge in [0.1, 0.15) is 0 Å². The molecule has 2 N–H and O–H groups in total. The van der Waals surface area contributed by atoms with E-state index >= 15 is 0 Å². The zero-order chi connectivity index (χ0) is 12.8. The van der Waals surface area contributed by atoms with Crippen LogP contribution in [-0.2, 0) is 0 Å². The molecule has 3 heteroatoms. The third-order valence-corrected chi connectivity index (χ3v) is 4.87. The van der Waals surface area contributed by atoms with Crippen molar-refractivity contribution in [3.63, 3.8) is 0 Å². The summed E-state index contributed by atoms with van der Waals surface area (Å²) in [6.07, 6.45) is 7.08. The number of amides is 1. The van der Waals surface area contributed by atoms with Crippen LogP contribution in [-0.4, -0.2) is 16.9 Å². The zero-order valence-electron chi connectivity index (χ0n) is 10.9. The SMILES string of the molecule is O=C(NC1CC2CCC1C2)c1ccc2[nH]ccc2c1. The van der Waals surface area contributed by atoms with Gasteiger partial charge < -0.3 is 10.3 Å². The standard InChI is InChI=1S/C16H18N2O/c19-16(18-15-8-10-1-2-11(15)7-10)13-3-4-14-12(9-13)5-6-17-14/h3-6,9-11,15,17H,1-2,7-8H2,(H,18,19). The Balaban J connectivity index is 1.53. The highest BCUT2D eigenvalue weighted by molar-refractivity contribution is 5.98. The Kier molecular flexibility index (Phi) is 2.40. The minimum Gasteiger partial charge on any atom is -0.361 e. The second-order valence-electron chi connectivity index (χ2n) is 6.03. The van der Waals surface area contributed by atoms with Crippen molar-refractivity contribution in [1.82, 2.24) is 10.3 Å². The van der Waals surface area contributed by atoms with Gasteiger partial charge in [-0.05, 0) is 55.4 Å². The van der Waals surface area contributed by atoms with Crippen LogP contribution in [0.3, 0.4) is 0 Å². The molecular weight excluding hydrogens is 236 g/mol. The molecule has 2 aliphatic carbocycles. The Morgan fingerprint density at radius 1 is 1.21 bits per heavy atom. The predicted octanol–water partition coefficient (Wildman–Crippen LogP) is 3.09. The molecule has 3 atom stereocenters. The summed E-state index contributed by atoms with van der Waals surface area (Å²) in [5, 5.41) is 4.33. The van der Waals surface area contributed by atoms with E-state index in [9.17, 15) is 4.79 Å². The van der Waals surface area contributed by atoms with Crippen molar-refractivity contribution >= 4 is 16.8 Å². The molecule has 4 rings (SSSR count). The Hall–Kier alpha value is -1.77. The number of rotatable bonds is 2. The van der Waals surface area contributed by atoms with Crippen molar-refractivity contribution in [2.24, 2.45) is 11.8 Å². The van der Waals surface area contributed by atoms with E-state index in [1.54, 1.807) is 0 Å². The Morgan fingerprint density at radius 3 is 2.95 bits per heavy atom. The number of benzene rings is 1. The summed E-state index contributed by atoms with van der Waals surface area (Å²) < 4.78 is 0. The lowest BCUT2D eigenvalue weighted by Crippen LogP contribution is -2.38. The van der Waals surface area contributed by atoms with Gasteiger partial charge in [-0.2, -0.15) is 0 Å². The molecule has 2 aliphatic rings. The number of carbonyl (C=O) groups excluding carboxylic acids is 1. The first-order chi connectivity index (χ1) is 9.29. The lowest BCUT2D eigenvalue weighted by Gasteiger charge is -2.22. The first-order valence-electron chi connectivity index (χ1n) is 7.17. The second-order valence-corrected chi connectivity index (χ2v) is 6.03. The molecule has 2 saturated carbocycles. The molecule has 2 bridgehead atoms. The fourth-order valence-corrected chi connectivity index (χ4v) is 3.87. The number of fused-ring (bicyclic) bond motifs is 3. The third-order valence-electron chi connectivity index (χ3n) is 4.87. The number of aromatic amines is 1. The number of carbonyl (C=O) groups is 1. The highest BCUT2D eigenvalue weighted by atomic mass is 16.1. The molecule has 2 aromatic rings. The molecule has 3 unspecified atom stereocenters. The van der Waals surface area contributed by atoms with Gasteiger partial charge in [-0.15, -0.1) is 0 Å². The topological polar surface area (TPSA) is 44.9 Å². The smallest absolute Gasteiger partial charge is 0.251 e. The summed E-state index contributed by atoms with van der Waals surface area (Å²) in [6, 6.07) is 8.26. The summed E-state index contributed by atoms with van der Waals surface area (Å²) in [7, 11) is 0. The highest BCUT2D eigenvalue weighted by Gasteiger charge is 2.40. The van der Waals surface area contributed by atoms with Gasteiger partial charge in [-0.25, -0.2) is 0 Å². The van der Waals surface area contributed by atoms with Crippen LogP contribution in [0.15, 0.2) is 30.5 Å². The Bertz CT molecular complexity index is 630. The summed E-state index contributed by atoms with van der Waals surface area (Å²) in [6.45, 7) is 0. The normalized spacial score (nSPS) is 28.9. The van der Waals surface area contributed by atoms with Gasteiger partial charge in [-0.1, -0.05) is 6.42 Å². The van der Waals surface area contributed by atoms with E-state index in [2.05, 4.69) is 10.3 Å². The van der Waals surface area contributed by atoms with Crippen LogP contribution < -0.4 is 5.32 Å². The van der Waals surface area contributed by atoms with E-state index in [1.807, 2.05) is 30.5 Å². The van der Waals surface area contributed by atoms with Crippen molar-refractivity contribution in [1.29, 1.82) is 0 Å². The highest BCUT2D eigenvalue weighted by Crippen LogP contribution is 2.44. The van der Waals surface area contributed by atoms with Crippen LogP contribution >= 0.6 is 0 Å². The minimum absolute atomic E-state index is 0.0839. The quantitative estimate of drug-likeness (QED) is 0.850. The number of H-pyrrole nitrogens is 1. The molecule has 0 spiro atoms. The third kappa shape index (κ3) is 1.84. The summed E-state index contributed by atoms with van der Waals surface area (Å²) in [4.78, 5) is 15.5. The van der Waals surface area contributed by atoms with Gasteiger partial charge in [0.2, 0.25) is 0 Å². The number of hydrogen-bond acceptors (Lipinski definition) is 1. The fourth-order valence-electron chi connectivity index (χ4n) is 3.87. The molecule has 0 saturated heterocycles. The number of aromatic nitrogens is 1. The van der Waals surface area contributed by atoms with Gasteiger partial charge in [0, 0.05) is 28.7 Å². The Labute approximate surface area is 112 Å². The van der Waals surface area contributed by atoms with E-state index in [0.717, 1.165) is 28.3 Å². The van der Waals surface area contributed by atoms with Crippen molar-refractivity contribution in [2.75, 3.05) is 0 Å². The van der Waals surface area contributed by atoms with E-state index in [-0.39, 0.29) is 5.91 Å². The summed E-state index contributed by atoms with van der Waals surface area (Å²) >= 11 is 0. The van der Waals surface area contributed by atoms with Gasteiger partial charge in [0.15, 0.2) is 0 Å². The number of hydrogen-bond donors (Lipinski definition) is 2. The van der Waals surface area contributed by atoms with Crippen LogP contribution in [0.2, 0.25) is 0 Å². The molecular formula is C16H18N2O. The van der Waals surface area contributed by atoms with Crippen molar-refractivity contribution < 1.29 is 4.79 Å². The largest absolute Gasteiger partial charge is 0.361 e. The van der Waals surface area contributed by atoms with E-state index in [1.165, 1.54) is 25.7 Å². The van der Waals surface area contributed by atoms with E-state index < -0.39 is 0 Å². The van der Waals surface area contributed by atoms with Gasteiger partial charge >= 0.3 is 0 Å². The molecule has 0 aliphatic heterocycles. The van der Waals surface area contributed by atoms with Crippen LogP contribution in [0.25, 0.3) is 10.9 Å². The van der Waals surface area contributed by atoms with Crippen molar-refractivity contribution in [3.05, 3.63) is 36.0 Å². The average Bonchev–Trinajstić information content (AvgIpc) is 3.13. The minimum atomic E-state index is 0.0839. The van der Waals surface area contributed by atoms with E-state index in [0.29, 0.717) is 6.04 Å². The van der Waals surface area contributed by atoms with Crippen molar-refractivity contribution in [2.45, 2.75) is 31.7 Å².